The maximum Gasteiger partial charge on any atom is 0.233 e. The molecule has 6 heteroatoms. The zero-order valence-electron chi connectivity index (χ0n) is 13.5. The van der Waals surface area contributed by atoms with Gasteiger partial charge in [0.05, 0.1) is 23.9 Å². The van der Waals surface area contributed by atoms with Crippen molar-refractivity contribution in [1.29, 1.82) is 0 Å². The Bertz CT molecular complexity index is 730. The second kappa shape index (κ2) is 6.63. The van der Waals surface area contributed by atoms with E-state index in [0.29, 0.717) is 25.1 Å². The molecule has 1 aromatic heterocycles. The summed E-state index contributed by atoms with van der Waals surface area (Å²) in [5.41, 5.74) is 0.0350. The van der Waals surface area contributed by atoms with Gasteiger partial charge in [-0.2, -0.15) is 0 Å². The maximum absolute atomic E-state index is 14.4. The Morgan fingerprint density at radius 2 is 2.00 bits per heavy atom. The Kier molecular flexibility index (Phi) is 4.55. The third-order valence-corrected chi connectivity index (χ3v) is 4.68. The number of aromatic nitrogens is 2. The van der Waals surface area contributed by atoms with E-state index in [9.17, 15) is 13.6 Å². The van der Waals surface area contributed by atoms with Gasteiger partial charge in [0.1, 0.15) is 11.6 Å². The van der Waals surface area contributed by atoms with Gasteiger partial charge in [0, 0.05) is 31.1 Å². The van der Waals surface area contributed by atoms with Gasteiger partial charge in [0.25, 0.3) is 0 Å². The van der Waals surface area contributed by atoms with E-state index in [1.165, 1.54) is 12.1 Å². The van der Waals surface area contributed by atoms with Crippen LogP contribution in [0.3, 0.4) is 0 Å². The lowest BCUT2D eigenvalue weighted by Crippen LogP contribution is -2.44. The minimum Gasteiger partial charge on any atom is -0.339 e. The highest BCUT2D eigenvalue weighted by molar-refractivity contribution is 5.88. The van der Waals surface area contributed by atoms with Gasteiger partial charge >= 0.3 is 0 Å². The molecule has 1 saturated carbocycles. The number of hydrogen-bond acceptors (Lipinski definition) is 3. The fourth-order valence-corrected chi connectivity index (χ4v) is 3.55. The average molecular weight is 331 g/mol. The first kappa shape index (κ1) is 16.5. The molecule has 0 N–H and O–H groups in total. The fourth-order valence-electron chi connectivity index (χ4n) is 3.55. The normalized spacial score (nSPS) is 16.1. The van der Waals surface area contributed by atoms with Crippen LogP contribution in [0.15, 0.2) is 36.8 Å². The fraction of sp³-hybridized carbons (Fsp3) is 0.389. The molecule has 2 aromatic rings. The van der Waals surface area contributed by atoms with Crippen molar-refractivity contribution < 1.29 is 13.6 Å². The van der Waals surface area contributed by atoms with E-state index in [2.05, 4.69) is 9.97 Å². The molecule has 1 fully saturated rings. The summed E-state index contributed by atoms with van der Waals surface area (Å²) in [6.07, 6.45) is 7.57. The first-order chi connectivity index (χ1) is 11.5. The van der Waals surface area contributed by atoms with Gasteiger partial charge in [-0.05, 0) is 18.9 Å². The molecule has 0 radical (unpaired) electrons. The van der Waals surface area contributed by atoms with Crippen LogP contribution in [0.2, 0.25) is 0 Å². The van der Waals surface area contributed by atoms with Crippen molar-refractivity contribution in [2.75, 3.05) is 7.05 Å². The molecule has 0 aliphatic heterocycles. The van der Waals surface area contributed by atoms with Crippen LogP contribution in [-0.2, 0) is 16.8 Å². The second-order valence-corrected chi connectivity index (χ2v) is 6.27. The van der Waals surface area contributed by atoms with Gasteiger partial charge in [-0.25, -0.2) is 8.78 Å². The summed E-state index contributed by atoms with van der Waals surface area (Å²) in [6.45, 7) is 0.303. The van der Waals surface area contributed by atoms with Crippen molar-refractivity contribution >= 4 is 5.91 Å². The number of nitrogens with zero attached hydrogens (tertiary/aromatic N) is 3. The summed E-state index contributed by atoms with van der Waals surface area (Å²) in [7, 11) is 1.68. The summed E-state index contributed by atoms with van der Waals surface area (Å²) in [5, 5.41) is 0. The smallest absolute Gasteiger partial charge is 0.233 e. The number of carbonyl (C=O) groups excluding carboxylic acids is 1. The zero-order valence-corrected chi connectivity index (χ0v) is 13.5. The zero-order chi connectivity index (χ0) is 17.2. The van der Waals surface area contributed by atoms with Crippen LogP contribution in [-0.4, -0.2) is 27.8 Å². The van der Waals surface area contributed by atoms with Gasteiger partial charge in [-0.1, -0.05) is 18.9 Å². The lowest BCUT2D eigenvalue weighted by atomic mass is 9.77. The van der Waals surface area contributed by atoms with Crippen molar-refractivity contribution in [2.24, 2.45) is 0 Å². The summed E-state index contributed by atoms with van der Waals surface area (Å²) < 4.78 is 27.6. The molecule has 4 nitrogen and oxygen atoms in total. The van der Waals surface area contributed by atoms with Gasteiger partial charge < -0.3 is 4.90 Å². The molecule has 0 atom stereocenters. The SMILES string of the molecule is CN(Cc1cnccn1)C(=O)C1(c2ccc(F)cc2F)CCCC1. The molecule has 1 heterocycles. The Hall–Kier alpha value is -2.37. The van der Waals surface area contributed by atoms with Crippen LogP contribution in [0.4, 0.5) is 8.78 Å². The summed E-state index contributed by atoms with van der Waals surface area (Å²) >= 11 is 0. The molecule has 0 spiro atoms. The monoisotopic (exact) mass is 331 g/mol. The van der Waals surface area contributed by atoms with E-state index in [-0.39, 0.29) is 11.5 Å². The highest BCUT2D eigenvalue weighted by atomic mass is 19.1. The molecule has 1 aliphatic carbocycles. The van der Waals surface area contributed by atoms with Gasteiger partial charge in [-0.15, -0.1) is 0 Å². The Morgan fingerprint density at radius 3 is 2.62 bits per heavy atom. The summed E-state index contributed by atoms with van der Waals surface area (Å²) in [4.78, 5) is 22.8. The van der Waals surface area contributed by atoms with Gasteiger partial charge in [0.2, 0.25) is 5.91 Å². The molecule has 1 aliphatic rings. The quantitative estimate of drug-likeness (QED) is 0.864. The van der Waals surface area contributed by atoms with Crippen LogP contribution in [0.1, 0.15) is 36.9 Å². The standard InChI is InChI=1S/C18H19F2N3O/c1-23(12-14-11-21-8-9-22-14)17(24)18(6-2-3-7-18)15-5-4-13(19)10-16(15)20/h4-5,8-11H,2-3,6-7,12H2,1H3. The van der Waals surface area contributed by atoms with E-state index in [4.69, 9.17) is 0 Å². The minimum absolute atomic E-state index is 0.156. The number of amides is 1. The third-order valence-electron chi connectivity index (χ3n) is 4.68. The third kappa shape index (κ3) is 3.00. The molecular weight excluding hydrogens is 312 g/mol. The van der Waals surface area contributed by atoms with Crippen LogP contribution in [0.25, 0.3) is 0 Å². The van der Waals surface area contributed by atoms with Crippen molar-refractivity contribution in [3.05, 3.63) is 59.7 Å². The molecule has 0 unspecified atom stereocenters. The number of benzene rings is 1. The van der Waals surface area contributed by atoms with E-state index in [1.807, 2.05) is 0 Å². The topological polar surface area (TPSA) is 46.1 Å². The molecule has 24 heavy (non-hydrogen) atoms. The number of carbonyl (C=O) groups is 1. The Balaban J connectivity index is 1.91. The molecule has 1 amide bonds. The number of likely N-dealkylation sites (N-methyl/N-ethyl adjacent to an activating group) is 1. The molecule has 126 valence electrons. The minimum atomic E-state index is -0.922. The van der Waals surface area contributed by atoms with Crippen LogP contribution in [0, 0.1) is 11.6 Å². The highest BCUT2D eigenvalue weighted by Crippen LogP contribution is 2.43. The maximum atomic E-state index is 14.4. The van der Waals surface area contributed by atoms with Crippen LogP contribution >= 0.6 is 0 Å². The second-order valence-electron chi connectivity index (χ2n) is 6.27. The predicted octanol–water partition coefficient (Wildman–Crippen LogP) is 3.23. The molecular formula is C18H19F2N3O. The van der Waals surface area contributed by atoms with Crippen molar-refractivity contribution in [2.45, 2.75) is 37.6 Å². The van der Waals surface area contributed by atoms with E-state index >= 15 is 0 Å². The first-order valence-corrected chi connectivity index (χ1v) is 7.99. The molecule has 0 bridgehead atoms. The van der Waals surface area contributed by atoms with Crippen molar-refractivity contribution in [1.82, 2.24) is 14.9 Å². The van der Waals surface area contributed by atoms with E-state index in [0.717, 1.165) is 18.9 Å². The van der Waals surface area contributed by atoms with Gasteiger partial charge in [-0.3, -0.25) is 14.8 Å². The lowest BCUT2D eigenvalue weighted by Gasteiger charge is -2.33. The Labute approximate surface area is 139 Å². The van der Waals surface area contributed by atoms with Crippen LogP contribution in [0.5, 0.6) is 0 Å². The molecule has 0 saturated heterocycles. The Morgan fingerprint density at radius 1 is 1.25 bits per heavy atom. The number of halogens is 2. The average Bonchev–Trinajstić information content (AvgIpc) is 3.05. The van der Waals surface area contributed by atoms with Crippen molar-refractivity contribution in [3.8, 4) is 0 Å². The van der Waals surface area contributed by atoms with E-state index in [1.54, 1.807) is 30.5 Å². The largest absolute Gasteiger partial charge is 0.339 e. The first-order valence-electron chi connectivity index (χ1n) is 7.99. The molecule has 1 aromatic carbocycles. The van der Waals surface area contributed by atoms with E-state index < -0.39 is 17.0 Å². The van der Waals surface area contributed by atoms with Gasteiger partial charge in [0.15, 0.2) is 0 Å². The lowest BCUT2D eigenvalue weighted by molar-refractivity contribution is -0.136. The van der Waals surface area contributed by atoms with Crippen molar-refractivity contribution in [3.63, 3.8) is 0 Å². The molecule has 3 rings (SSSR count). The predicted molar refractivity (Wildman–Crippen MR) is 85.0 cm³/mol. The van der Waals surface area contributed by atoms with Crippen LogP contribution < -0.4 is 0 Å². The number of rotatable bonds is 4. The summed E-state index contributed by atoms with van der Waals surface area (Å²) in [6, 6.07) is 3.48. The highest BCUT2D eigenvalue weighted by Gasteiger charge is 2.45. The number of hydrogen-bond donors (Lipinski definition) is 0. The summed E-state index contributed by atoms with van der Waals surface area (Å²) in [5.74, 6) is -1.45.